The number of hydrogen-bond donors (Lipinski definition) is 0. The fourth-order valence-electron chi connectivity index (χ4n) is 2.71. The number of imidazole rings is 1. The largest absolute Gasteiger partial charge is 0.497 e. The molecule has 0 N–H and O–H groups in total. The molecule has 6 heteroatoms. The molecule has 1 aromatic heterocycles. The van der Waals surface area contributed by atoms with E-state index in [9.17, 15) is 4.79 Å². The number of fused-ring (bicyclic) bond motifs is 1. The van der Waals surface area contributed by atoms with Gasteiger partial charge in [-0.05, 0) is 48.9 Å². The first-order valence-electron chi connectivity index (χ1n) is 7.40. The van der Waals surface area contributed by atoms with Gasteiger partial charge in [-0.25, -0.2) is 9.78 Å². The summed E-state index contributed by atoms with van der Waals surface area (Å²) in [5, 5.41) is 0.624. The average Bonchev–Trinajstić information content (AvgIpc) is 2.88. The Morgan fingerprint density at radius 2 is 2.00 bits per heavy atom. The first-order chi connectivity index (χ1) is 11.5. The molecule has 0 saturated carbocycles. The maximum atomic E-state index is 11.7. The molecule has 5 nitrogen and oxygen atoms in total. The van der Waals surface area contributed by atoms with Crippen LogP contribution in [0.15, 0.2) is 36.4 Å². The van der Waals surface area contributed by atoms with Crippen molar-refractivity contribution in [1.29, 1.82) is 0 Å². The molecule has 0 atom stereocenters. The molecule has 0 unspecified atom stereocenters. The lowest BCUT2D eigenvalue weighted by Crippen LogP contribution is -2.03. The number of benzene rings is 2. The quantitative estimate of drug-likeness (QED) is 0.675. The first kappa shape index (κ1) is 16.3. The Hall–Kier alpha value is -2.53. The minimum atomic E-state index is -0.372. The van der Waals surface area contributed by atoms with Crippen LogP contribution in [0.1, 0.15) is 21.7 Å². The van der Waals surface area contributed by atoms with Crippen LogP contribution in [0, 0.1) is 6.92 Å². The Morgan fingerprint density at radius 1 is 1.21 bits per heavy atom. The van der Waals surface area contributed by atoms with Gasteiger partial charge in [-0.15, -0.1) is 0 Å². The van der Waals surface area contributed by atoms with E-state index in [0.29, 0.717) is 22.9 Å². The summed E-state index contributed by atoms with van der Waals surface area (Å²) < 4.78 is 12.1. The minimum Gasteiger partial charge on any atom is -0.497 e. The molecule has 1 heterocycles. The van der Waals surface area contributed by atoms with Gasteiger partial charge in [0.05, 0.1) is 30.8 Å². The molecule has 0 radical (unpaired) electrons. The van der Waals surface area contributed by atoms with Crippen LogP contribution in [0.2, 0.25) is 5.02 Å². The molecule has 0 fully saturated rings. The van der Waals surface area contributed by atoms with Gasteiger partial charge in [-0.1, -0.05) is 11.6 Å². The molecule has 0 saturated heterocycles. The molecule has 0 aliphatic carbocycles. The van der Waals surface area contributed by atoms with Crippen LogP contribution in [0.5, 0.6) is 5.75 Å². The number of hydrogen-bond acceptors (Lipinski definition) is 4. The summed E-state index contributed by atoms with van der Waals surface area (Å²) in [5.41, 5.74) is 3.20. The molecule has 0 bridgehead atoms. The molecule has 0 aliphatic rings. The van der Waals surface area contributed by atoms with Gasteiger partial charge < -0.3 is 14.0 Å². The number of methoxy groups -OCH3 is 2. The summed E-state index contributed by atoms with van der Waals surface area (Å²) >= 11 is 6.14. The molecule has 24 heavy (non-hydrogen) atoms. The van der Waals surface area contributed by atoms with Crippen molar-refractivity contribution in [3.63, 3.8) is 0 Å². The lowest BCUT2D eigenvalue weighted by atomic mass is 10.2. The Labute approximate surface area is 144 Å². The highest BCUT2D eigenvalue weighted by atomic mass is 35.5. The Kier molecular flexibility index (Phi) is 4.44. The van der Waals surface area contributed by atoms with Crippen molar-refractivity contribution >= 4 is 28.6 Å². The van der Waals surface area contributed by atoms with Crippen molar-refractivity contribution in [2.45, 2.75) is 13.5 Å². The second kappa shape index (κ2) is 6.53. The smallest absolute Gasteiger partial charge is 0.337 e. The van der Waals surface area contributed by atoms with E-state index in [2.05, 4.69) is 9.55 Å². The Morgan fingerprint density at radius 3 is 2.71 bits per heavy atom. The third-order valence-electron chi connectivity index (χ3n) is 3.87. The lowest BCUT2D eigenvalue weighted by molar-refractivity contribution is 0.0601. The molecule has 124 valence electrons. The van der Waals surface area contributed by atoms with Gasteiger partial charge in [0.15, 0.2) is 0 Å². The van der Waals surface area contributed by atoms with Crippen LogP contribution < -0.4 is 4.74 Å². The SMILES string of the molecule is COC(=O)c1ccc2c(c1)nc(C)n2Cc1cc(Cl)cc(OC)c1. The summed E-state index contributed by atoms with van der Waals surface area (Å²) in [4.78, 5) is 16.2. The highest BCUT2D eigenvalue weighted by Gasteiger charge is 2.12. The average molecular weight is 345 g/mol. The van der Waals surface area contributed by atoms with Gasteiger partial charge in [0.25, 0.3) is 0 Å². The van der Waals surface area contributed by atoms with E-state index in [1.54, 1.807) is 25.3 Å². The number of carbonyl (C=O) groups excluding carboxylic acids is 1. The van der Waals surface area contributed by atoms with Gasteiger partial charge in [0.1, 0.15) is 11.6 Å². The molecule has 0 spiro atoms. The van der Waals surface area contributed by atoms with E-state index in [1.807, 2.05) is 25.1 Å². The maximum Gasteiger partial charge on any atom is 0.337 e. The Bertz CT molecular complexity index is 918. The number of aromatic nitrogens is 2. The third kappa shape index (κ3) is 3.08. The van der Waals surface area contributed by atoms with Crippen molar-refractivity contribution < 1.29 is 14.3 Å². The summed E-state index contributed by atoms with van der Waals surface area (Å²) in [5.74, 6) is 1.20. The van der Waals surface area contributed by atoms with Gasteiger partial charge >= 0.3 is 5.97 Å². The number of nitrogens with zero attached hydrogens (tertiary/aromatic N) is 2. The maximum absolute atomic E-state index is 11.7. The molecular formula is C18H17ClN2O3. The minimum absolute atomic E-state index is 0.372. The van der Waals surface area contributed by atoms with E-state index < -0.39 is 0 Å². The molecule has 3 aromatic rings. The zero-order valence-electron chi connectivity index (χ0n) is 13.7. The van der Waals surface area contributed by atoms with Crippen molar-refractivity contribution in [2.24, 2.45) is 0 Å². The standard InChI is InChI=1S/C18H17ClN2O3/c1-11-20-16-8-13(18(22)24-3)4-5-17(16)21(11)10-12-6-14(19)9-15(7-12)23-2/h4-9H,10H2,1-3H3. The predicted molar refractivity (Wildman–Crippen MR) is 92.9 cm³/mol. The third-order valence-corrected chi connectivity index (χ3v) is 4.09. The van der Waals surface area contributed by atoms with Crippen LogP contribution in [-0.2, 0) is 11.3 Å². The van der Waals surface area contributed by atoms with Crippen molar-refractivity contribution in [3.8, 4) is 5.75 Å². The predicted octanol–water partition coefficient (Wildman–Crippen LogP) is 3.84. The van der Waals surface area contributed by atoms with Crippen LogP contribution in [-0.4, -0.2) is 29.7 Å². The summed E-state index contributed by atoms with van der Waals surface area (Å²) in [6, 6.07) is 11.0. The topological polar surface area (TPSA) is 53.3 Å². The van der Waals surface area contributed by atoms with Crippen LogP contribution in [0.3, 0.4) is 0 Å². The highest BCUT2D eigenvalue weighted by molar-refractivity contribution is 6.30. The number of carbonyl (C=O) groups is 1. The summed E-state index contributed by atoms with van der Waals surface area (Å²) in [6.07, 6.45) is 0. The molecule has 0 aliphatic heterocycles. The van der Waals surface area contributed by atoms with E-state index in [1.165, 1.54) is 7.11 Å². The van der Waals surface area contributed by atoms with E-state index in [4.69, 9.17) is 21.1 Å². The first-order valence-corrected chi connectivity index (χ1v) is 7.78. The summed E-state index contributed by atoms with van der Waals surface area (Å²) in [7, 11) is 2.98. The molecular weight excluding hydrogens is 328 g/mol. The molecule has 0 amide bonds. The second-order valence-electron chi connectivity index (χ2n) is 5.44. The van der Waals surface area contributed by atoms with Crippen molar-refractivity contribution in [2.75, 3.05) is 14.2 Å². The zero-order valence-corrected chi connectivity index (χ0v) is 14.4. The highest BCUT2D eigenvalue weighted by Crippen LogP contribution is 2.24. The van der Waals surface area contributed by atoms with Gasteiger partial charge in [0.2, 0.25) is 0 Å². The van der Waals surface area contributed by atoms with Gasteiger partial charge in [-0.2, -0.15) is 0 Å². The monoisotopic (exact) mass is 344 g/mol. The Balaban J connectivity index is 2.02. The van der Waals surface area contributed by atoms with E-state index in [-0.39, 0.29) is 5.97 Å². The van der Waals surface area contributed by atoms with Gasteiger partial charge in [0, 0.05) is 11.6 Å². The zero-order chi connectivity index (χ0) is 17.3. The van der Waals surface area contributed by atoms with Gasteiger partial charge in [-0.3, -0.25) is 0 Å². The number of esters is 1. The fourth-order valence-corrected chi connectivity index (χ4v) is 2.95. The number of halogens is 1. The van der Waals surface area contributed by atoms with E-state index >= 15 is 0 Å². The molecule has 2 aromatic carbocycles. The summed E-state index contributed by atoms with van der Waals surface area (Å²) in [6.45, 7) is 2.54. The van der Waals surface area contributed by atoms with Crippen LogP contribution in [0.4, 0.5) is 0 Å². The van der Waals surface area contributed by atoms with E-state index in [0.717, 1.165) is 22.4 Å². The van der Waals surface area contributed by atoms with Crippen LogP contribution in [0.25, 0.3) is 11.0 Å². The number of rotatable bonds is 4. The fraction of sp³-hybridized carbons (Fsp3) is 0.222. The second-order valence-corrected chi connectivity index (χ2v) is 5.88. The number of ether oxygens (including phenoxy) is 2. The van der Waals surface area contributed by atoms with Crippen molar-refractivity contribution in [3.05, 3.63) is 58.4 Å². The normalized spacial score (nSPS) is 10.8. The lowest BCUT2D eigenvalue weighted by Gasteiger charge is -2.10. The molecule has 3 rings (SSSR count). The van der Waals surface area contributed by atoms with Crippen LogP contribution >= 0.6 is 11.6 Å². The van der Waals surface area contributed by atoms with Crippen molar-refractivity contribution in [1.82, 2.24) is 9.55 Å². The number of aryl methyl sites for hydroxylation is 1.